The van der Waals surface area contributed by atoms with Gasteiger partial charge in [-0.3, -0.25) is 9.79 Å². The van der Waals surface area contributed by atoms with Crippen molar-refractivity contribution < 1.29 is 19.1 Å². The second-order valence-corrected chi connectivity index (χ2v) is 9.52. The van der Waals surface area contributed by atoms with Crippen LogP contribution in [0.2, 0.25) is 0 Å². The summed E-state index contributed by atoms with van der Waals surface area (Å²) in [4.78, 5) is 30.6. The van der Waals surface area contributed by atoms with Gasteiger partial charge < -0.3 is 5.11 Å². The average Bonchev–Trinajstić information content (AvgIpc) is 2.94. The van der Waals surface area contributed by atoms with E-state index < -0.39 is 16.9 Å². The minimum atomic E-state index is -1.25. The number of hydrogen-bond acceptors (Lipinski definition) is 3. The summed E-state index contributed by atoms with van der Waals surface area (Å²) in [7, 11) is 0. The first-order valence-electron chi connectivity index (χ1n) is 12.5. The van der Waals surface area contributed by atoms with Crippen LogP contribution in [-0.4, -0.2) is 28.1 Å². The summed E-state index contributed by atoms with van der Waals surface area (Å²) in [6.07, 6.45) is 7.97. The number of ketones is 1. The lowest BCUT2D eigenvalue weighted by molar-refractivity contribution is -0.129. The molecule has 0 spiro atoms. The lowest BCUT2D eigenvalue weighted by Gasteiger charge is -2.38. The molecule has 0 aromatic heterocycles. The molecule has 192 valence electrons. The third-order valence-corrected chi connectivity index (χ3v) is 6.98. The molecule has 2 unspecified atom stereocenters. The number of carboxylic acid groups (broad SMARTS) is 1. The van der Waals surface area contributed by atoms with Crippen LogP contribution in [0.5, 0.6) is 0 Å². The first-order chi connectivity index (χ1) is 18.2. The number of Topliss-reactive ketones (excluding diaryl/α,β-unsaturated/α-hetero) is 1. The van der Waals surface area contributed by atoms with Gasteiger partial charge >= 0.3 is 5.97 Å². The Morgan fingerprint density at radius 3 is 2.11 bits per heavy atom. The van der Waals surface area contributed by atoms with Gasteiger partial charge in [0.25, 0.3) is 0 Å². The molecule has 4 nitrogen and oxygen atoms in total. The predicted octanol–water partition coefficient (Wildman–Crippen LogP) is 6.91. The number of aryl methyl sites for hydroxylation is 1. The fourth-order valence-corrected chi connectivity index (χ4v) is 4.81. The van der Waals surface area contributed by atoms with Crippen molar-refractivity contribution in [2.24, 2.45) is 4.99 Å². The average molecular weight is 508 g/mol. The Morgan fingerprint density at radius 1 is 0.947 bits per heavy atom. The number of nitrogens with zero attached hydrogens (tertiary/aromatic N) is 1. The summed E-state index contributed by atoms with van der Waals surface area (Å²) in [5, 5.41) is 9.78. The van der Waals surface area contributed by atoms with Gasteiger partial charge in [-0.1, -0.05) is 98.0 Å². The van der Waals surface area contributed by atoms with Gasteiger partial charge in [-0.15, -0.1) is 6.58 Å². The number of hydrogen-bond donors (Lipinski definition) is 1. The summed E-state index contributed by atoms with van der Waals surface area (Å²) < 4.78 is 14.0. The van der Waals surface area contributed by atoms with Gasteiger partial charge in [-0.2, -0.15) is 0 Å². The van der Waals surface area contributed by atoms with Crippen molar-refractivity contribution in [2.75, 3.05) is 0 Å². The SMILES string of the molecule is C=CCC(=NC1(C)C=CC(c2ccc(F)cc2)(c2ccc(CC)cc2)C=C1C(=O)c1ccccc1)C(=O)O. The van der Waals surface area contributed by atoms with Crippen LogP contribution in [0, 0.1) is 5.82 Å². The quantitative estimate of drug-likeness (QED) is 0.194. The van der Waals surface area contributed by atoms with Crippen LogP contribution in [0.25, 0.3) is 0 Å². The van der Waals surface area contributed by atoms with Gasteiger partial charge in [0.15, 0.2) is 5.78 Å². The van der Waals surface area contributed by atoms with E-state index in [1.165, 1.54) is 18.2 Å². The van der Waals surface area contributed by atoms with Crippen molar-refractivity contribution in [1.82, 2.24) is 0 Å². The van der Waals surface area contributed by atoms with E-state index in [9.17, 15) is 19.1 Å². The van der Waals surface area contributed by atoms with Crippen LogP contribution in [0.1, 0.15) is 47.3 Å². The Balaban J connectivity index is 2.01. The van der Waals surface area contributed by atoms with Gasteiger partial charge in [0, 0.05) is 17.6 Å². The molecule has 2 atom stereocenters. The number of benzene rings is 3. The molecule has 4 rings (SSSR count). The number of aliphatic imine (C=N–C) groups is 1. The Bertz CT molecular complexity index is 1440. The van der Waals surface area contributed by atoms with Crippen LogP contribution >= 0.6 is 0 Å². The first kappa shape index (κ1) is 26.7. The van der Waals surface area contributed by atoms with E-state index >= 15 is 0 Å². The van der Waals surface area contributed by atoms with E-state index in [0.29, 0.717) is 11.1 Å². The zero-order valence-electron chi connectivity index (χ0n) is 21.5. The normalized spacial score (nSPS) is 21.0. The molecular formula is C33H30FNO3. The van der Waals surface area contributed by atoms with Gasteiger partial charge in [0.2, 0.25) is 0 Å². The van der Waals surface area contributed by atoms with E-state index in [0.717, 1.165) is 23.1 Å². The summed E-state index contributed by atoms with van der Waals surface area (Å²) in [6.45, 7) is 7.46. The summed E-state index contributed by atoms with van der Waals surface area (Å²) >= 11 is 0. The molecular weight excluding hydrogens is 477 g/mol. The minimum Gasteiger partial charge on any atom is -0.477 e. The van der Waals surface area contributed by atoms with E-state index in [1.807, 2.05) is 42.5 Å². The molecule has 3 aromatic rings. The van der Waals surface area contributed by atoms with Crippen LogP contribution in [-0.2, 0) is 16.6 Å². The van der Waals surface area contributed by atoms with Crippen molar-refractivity contribution in [3.63, 3.8) is 0 Å². The Kier molecular flexibility index (Phi) is 7.67. The second-order valence-electron chi connectivity index (χ2n) is 9.52. The van der Waals surface area contributed by atoms with Crippen molar-refractivity contribution >= 4 is 17.5 Å². The lowest BCUT2D eigenvalue weighted by atomic mass is 9.66. The van der Waals surface area contributed by atoms with E-state index in [-0.39, 0.29) is 23.7 Å². The zero-order chi connectivity index (χ0) is 27.3. The molecule has 5 heteroatoms. The molecule has 1 aliphatic rings. The maximum Gasteiger partial charge on any atom is 0.350 e. The first-order valence-corrected chi connectivity index (χ1v) is 12.5. The zero-order valence-corrected chi connectivity index (χ0v) is 21.5. The summed E-state index contributed by atoms with van der Waals surface area (Å²) in [5.41, 5.74) is 1.37. The van der Waals surface area contributed by atoms with Crippen LogP contribution in [0.15, 0.2) is 120 Å². The van der Waals surface area contributed by atoms with Gasteiger partial charge in [-0.05, 0) is 42.2 Å². The predicted molar refractivity (Wildman–Crippen MR) is 149 cm³/mol. The molecule has 1 aliphatic carbocycles. The lowest BCUT2D eigenvalue weighted by Crippen LogP contribution is -2.38. The summed E-state index contributed by atoms with van der Waals surface area (Å²) in [6, 6.07) is 23.2. The third kappa shape index (κ3) is 5.18. The van der Waals surface area contributed by atoms with Crippen molar-refractivity contribution in [1.29, 1.82) is 0 Å². The molecule has 0 aliphatic heterocycles. The second kappa shape index (κ2) is 10.9. The number of rotatable bonds is 9. The topological polar surface area (TPSA) is 66.7 Å². The molecule has 0 saturated heterocycles. The van der Waals surface area contributed by atoms with Crippen LogP contribution in [0.3, 0.4) is 0 Å². The maximum atomic E-state index is 14.0. The molecule has 0 fully saturated rings. The number of halogens is 1. The molecule has 0 bridgehead atoms. The standard InChI is InChI=1S/C33H30FNO3/c1-4-9-29(31(37)38)35-32(3)20-21-33(26-16-18-27(34)19-17-26,25-14-12-23(5-2)13-15-25)22-28(32)30(36)24-10-7-6-8-11-24/h4,6-8,10-22H,1,5,9H2,2-3H3,(H,37,38). The number of carbonyl (C=O) groups is 2. The van der Waals surface area contributed by atoms with Gasteiger partial charge in [-0.25, -0.2) is 9.18 Å². The molecule has 1 N–H and O–H groups in total. The minimum absolute atomic E-state index is 0.0488. The highest BCUT2D eigenvalue weighted by molar-refractivity contribution is 6.36. The largest absolute Gasteiger partial charge is 0.477 e. The number of carbonyl (C=O) groups excluding carboxylic acids is 1. The Hall–Kier alpha value is -4.38. The third-order valence-electron chi connectivity index (χ3n) is 6.98. The highest BCUT2D eigenvalue weighted by Gasteiger charge is 2.42. The smallest absolute Gasteiger partial charge is 0.350 e. The number of aliphatic carboxylic acids is 1. The van der Waals surface area contributed by atoms with Crippen molar-refractivity contribution in [3.05, 3.63) is 143 Å². The number of allylic oxidation sites excluding steroid dienone is 3. The van der Waals surface area contributed by atoms with Crippen molar-refractivity contribution in [3.8, 4) is 0 Å². The van der Waals surface area contributed by atoms with Crippen molar-refractivity contribution in [2.45, 2.75) is 37.6 Å². The molecule has 0 radical (unpaired) electrons. The van der Waals surface area contributed by atoms with Gasteiger partial charge in [0.1, 0.15) is 17.1 Å². The summed E-state index contributed by atoms with van der Waals surface area (Å²) in [5.74, 6) is -1.79. The highest BCUT2D eigenvalue weighted by Crippen LogP contribution is 2.44. The fraction of sp³-hybridized carbons (Fsp3) is 0.182. The van der Waals surface area contributed by atoms with Gasteiger partial charge in [0.05, 0.1) is 5.41 Å². The van der Waals surface area contributed by atoms with Crippen LogP contribution < -0.4 is 0 Å². The maximum absolute atomic E-state index is 14.0. The monoisotopic (exact) mass is 507 g/mol. The Labute approximate surface area is 222 Å². The molecule has 3 aromatic carbocycles. The molecule has 0 saturated carbocycles. The highest BCUT2D eigenvalue weighted by atomic mass is 19.1. The van der Waals surface area contributed by atoms with E-state index in [2.05, 4.69) is 18.5 Å². The van der Waals surface area contributed by atoms with E-state index in [1.54, 1.807) is 49.4 Å². The number of carboxylic acids is 1. The molecule has 0 amide bonds. The molecule has 38 heavy (non-hydrogen) atoms. The molecule has 0 heterocycles. The van der Waals surface area contributed by atoms with E-state index in [4.69, 9.17) is 0 Å². The Morgan fingerprint density at radius 2 is 1.55 bits per heavy atom. The fourth-order valence-electron chi connectivity index (χ4n) is 4.81. The van der Waals surface area contributed by atoms with Crippen LogP contribution in [0.4, 0.5) is 4.39 Å².